The van der Waals surface area contributed by atoms with Crippen LogP contribution in [0, 0.1) is 0 Å². The topological polar surface area (TPSA) is 105 Å². The van der Waals surface area contributed by atoms with Crippen molar-refractivity contribution in [3.63, 3.8) is 0 Å². The van der Waals surface area contributed by atoms with Crippen molar-refractivity contribution in [2.75, 3.05) is 38.4 Å². The molecule has 0 radical (unpaired) electrons. The Morgan fingerprint density at radius 1 is 1.09 bits per heavy atom. The van der Waals surface area contributed by atoms with E-state index in [-0.39, 0.29) is 23.9 Å². The van der Waals surface area contributed by atoms with Gasteiger partial charge in [0.1, 0.15) is 24.1 Å². The van der Waals surface area contributed by atoms with Gasteiger partial charge in [-0.3, -0.25) is 13.9 Å². The number of benzene rings is 2. The largest absolute Gasteiger partial charge is 0.497 e. The van der Waals surface area contributed by atoms with Crippen molar-refractivity contribution >= 4 is 39.1 Å². The number of hydrogen-bond acceptors (Lipinski definition) is 6. The second-order valence-corrected chi connectivity index (χ2v) is 9.59. The standard InChI is InChI=1S/C22H28ClN3O6S/c1-15(22(28)24-2)25(13-16-6-8-17(23)9-7-16)21(27)14-26(33(5,29)30)19-11-10-18(31-3)12-20(19)32-4/h6-12,15H,13-14H2,1-5H3,(H,24,28). The molecule has 2 rings (SSSR count). The molecule has 0 heterocycles. The van der Waals surface area contributed by atoms with E-state index in [2.05, 4.69) is 5.32 Å². The third-order valence-electron chi connectivity index (χ3n) is 5.01. The first-order valence-corrected chi connectivity index (χ1v) is 12.2. The fraction of sp³-hybridized carbons (Fsp3) is 0.364. The van der Waals surface area contributed by atoms with Crippen molar-refractivity contribution in [3.8, 4) is 11.5 Å². The molecule has 11 heteroatoms. The summed E-state index contributed by atoms with van der Waals surface area (Å²) in [6, 6.07) is 10.6. The fourth-order valence-electron chi connectivity index (χ4n) is 3.16. The molecule has 2 aromatic carbocycles. The molecule has 1 unspecified atom stereocenters. The summed E-state index contributed by atoms with van der Waals surface area (Å²) in [5, 5.41) is 3.05. The molecule has 180 valence electrons. The van der Waals surface area contributed by atoms with Crippen LogP contribution < -0.4 is 19.1 Å². The van der Waals surface area contributed by atoms with Gasteiger partial charge in [-0.1, -0.05) is 23.7 Å². The van der Waals surface area contributed by atoms with Gasteiger partial charge in [-0.05, 0) is 36.8 Å². The highest BCUT2D eigenvalue weighted by Gasteiger charge is 2.31. The molecule has 9 nitrogen and oxygen atoms in total. The third-order valence-corrected chi connectivity index (χ3v) is 6.39. The molecule has 0 fully saturated rings. The number of nitrogens with one attached hydrogen (secondary N) is 1. The number of amides is 2. The van der Waals surface area contributed by atoms with E-state index in [0.29, 0.717) is 10.8 Å². The average Bonchev–Trinajstić information content (AvgIpc) is 2.79. The highest BCUT2D eigenvalue weighted by molar-refractivity contribution is 7.92. The molecule has 0 aromatic heterocycles. The first-order chi connectivity index (χ1) is 15.5. The summed E-state index contributed by atoms with van der Waals surface area (Å²) < 4.78 is 36.7. The second kappa shape index (κ2) is 11.2. The molecule has 0 saturated heterocycles. The Balaban J connectivity index is 2.44. The second-order valence-electron chi connectivity index (χ2n) is 7.25. The monoisotopic (exact) mass is 497 g/mol. The highest BCUT2D eigenvalue weighted by Crippen LogP contribution is 2.33. The molecule has 1 N–H and O–H groups in total. The number of methoxy groups -OCH3 is 2. The van der Waals surface area contributed by atoms with Gasteiger partial charge in [0.15, 0.2) is 0 Å². The number of carbonyl (C=O) groups excluding carboxylic acids is 2. The maximum absolute atomic E-state index is 13.4. The number of likely N-dealkylation sites (N-methyl/N-ethyl adjacent to an activating group) is 1. The molecular weight excluding hydrogens is 470 g/mol. The molecular formula is C22H28ClN3O6S. The number of anilines is 1. The van der Waals surface area contributed by atoms with Gasteiger partial charge in [0, 0.05) is 24.7 Å². The lowest BCUT2D eigenvalue weighted by Crippen LogP contribution is -2.50. The van der Waals surface area contributed by atoms with Gasteiger partial charge in [0.2, 0.25) is 21.8 Å². The fourth-order valence-corrected chi connectivity index (χ4v) is 4.14. The molecule has 0 aliphatic heterocycles. The maximum Gasteiger partial charge on any atom is 0.244 e. The van der Waals surface area contributed by atoms with E-state index < -0.39 is 28.5 Å². The van der Waals surface area contributed by atoms with Gasteiger partial charge in [-0.25, -0.2) is 8.42 Å². The van der Waals surface area contributed by atoms with E-state index in [9.17, 15) is 18.0 Å². The normalized spacial score (nSPS) is 11.9. The molecule has 0 aliphatic rings. The van der Waals surface area contributed by atoms with Crippen LogP contribution in [0.5, 0.6) is 11.5 Å². The smallest absolute Gasteiger partial charge is 0.244 e. The van der Waals surface area contributed by atoms with Gasteiger partial charge >= 0.3 is 0 Å². The highest BCUT2D eigenvalue weighted by atomic mass is 35.5. The SMILES string of the molecule is CNC(=O)C(C)N(Cc1ccc(Cl)cc1)C(=O)CN(c1ccc(OC)cc1OC)S(C)(=O)=O. The van der Waals surface area contributed by atoms with Gasteiger partial charge in [0.25, 0.3) is 0 Å². The van der Waals surface area contributed by atoms with Crippen LogP contribution in [0.25, 0.3) is 0 Å². The molecule has 1 atom stereocenters. The summed E-state index contributed by atoms with van der Waals surface area (Å²) in [6.45, 7) is 1.13. The lowest BCUT2D eigenvalue weighted by Gasteiger charge is -2.31. The van der Waals surface area contributed by atoms with E-state index in [1.165, 1.54) is 38.3 Å². The summed E-state index contributed by atoms with van der Waals surface area (Å²) in [5.41, 5.74) is 0.907. The predicted octanol–water partition coefficient (Wildman–Crippen LogP) is 2.29. The minimum absolute atomic E-state index is 0.0853. The van der Waals surface area contributed by atoms with Crippen molar-refractivity contribution in [1.82, 2.24) is 10.2 Å². The number of rotatable bonds is 10. The molecule has 0 bridgehead atoms. The lowest BCUT2D eigenvalue weighted by atomic mass is 10.1. The van der Waals surface area contributed by atoms with Gasteiger partial charge in [-0.2, -0.15) is 0 Å². The molecule has 2 aromatic rings. The van der Waals surface area contributed by atoms with E-state index in [0.717, 1.165) is 16.1 Å². The van der Waals surface area contributed by atoms with Crippen LogP contribution in [0.4, 0.5) is 5.69 Å². The maximum atomic E-state index is 13.4. The van der Waals surface area contributed by atoms with E-state index in [4.69, 9.17) is 21.1 Å². The molecule has 0 spiro atoms. The molecule has 2 amide bonds. The summed E-state index contributed by atoms with van der Waals surface area (Å²) in [5.74, 6) is -0.265. The Kier molecular flexibility index (Phi) is 8.95. The van der Waals surface area contributed by atoms with Crippen LogP contribution >= 0.6 is 11.6 Å². The number of ether oxygens (including phenoxy) is 2. The van der Waals surface area contributed by atoms with Crippen molar-refractivity contribution < 1.29 is 27.5 Å². The average molecular weight is 498 g/mol. The first-order valence-electron chi connectivity index (χ1n) is 9.97. The Hall–Kier alpha value is -2.98. The van der Waals surface area contributed by atoms with Gasteiger partial charge < -0.3 is 19.7 Å². The van der Waals surface area contributed by atoms with E-state index in [1.807, 2.05) is 0 Å². The predicted molar refractivity (Wildman–Crippen MR) is 127 cm³/mol. The lowest BCUT2D eigenvalue weighted by molar-refractivity contribution is -0.139. The quantitative estimate of drug-likeness (QED) is 0.540. The minimum Gasteiger partial charge on any atom is -0.497 e. The number of hydrogen-bond donors (Lipinski definition) is 1. The van der Waals surface area contributed by atoms with Crippen LogP contribution in [0.3, 0.4) is 0 Å². The summed E-state index contributed by atoms with van der Waals surface area (Å²) in [6.07, 6.45) is 0.996. The van der Waals surface area contributed by atoms with Gasteiger partial charge in [0.05, 0.1) is 26.2 Å². The van der Waals surface area contributed by atoms with Crippen molar-refractivity contribution in [2.45, 2.75) is 19.5 Å². The molecule has 33 heavy (non-hydrogen) atoms. The summed E-state index contributed by atoms with van der Waals surface area (Å²) in [4.78, 5) is 27.0. The first kappa shape index (κ1) is 26.3. The van der Waals surface area contributed by atoms with E-state index in [1.54, 1.807) is 37.3 Å². The number of sulfonamides is 1. The third kappa shape index (κ3) is 6.75. The van der Waals surface area contributed by atoms with Crippen molar-refractivity contribution in [3.05, 3.63) is 53.1 Å². The number of halogens is 1. The van der Waals surface area contributed by atoms with Gasteiger partial charge in [-0.15, -0.1) is 0 Å². The Labute approximate surface area is 199 Å². The van der Waals surface area contributed by atoms with E-state index >= 15 is 0 Å². The number of carbonyl (C=O) groups is 2. The summed E-state index contributed by atoms with van der Waals surface area (Å²) in [7, 11) is 0.449. The summed E-state index contributed by atoms with van der Waals surface area (Å²) >= 11 is 5.94. The van der Waals surface area contributed by atoms with Crippen LogP contribution in [0.1, 0.15) is 12.5 Å². The Bertz CT molecular complexity index is 1090. The number of nitrogens with zero attached hydrogens (tertiary/aromatic N) is 2. The zero-order valence-corrected chi connectivity index (χ0v) is 20.7. The Morgan fingerprint density at radius 2 is 1.73 bits per heavy atom. The van der Waals surface area contributed by atoms with Crippen LogP contribution in [-0.4, -0.2) is 65.2 Å². The van der Waals surface area contributed by atoms with Crippen LogP contribution in [-0.2, 0) is 26.2 Å². The van der Waals surface area contributed by atoms with Crippen molar-refractivity contribution in [1.29, 1.82) is 0 Å². The minimum atomic E-state index is -3.88. The zero-order valence-electron chi connectivity index (χ0n) is 19.2. The Morgan fingerprint density at radius 3 is 2.24 bits per heavy atom. The van der Waals surface area contributed by atoms with Crippen molar-refractivity contribution in [2.24, 2.45) is 0 Å². The van der Waals surface area contributed by atoms with Crippen LogP contribution in [0.15, 0.2) is 42.5 Å². The molecule has 0 saturated carbocycles. The zero-order chi connectivity index (χ0) is 24.8. The molecule has 0 aliphatic carbocycles. The van der Waals surface area contributed by atoms with Crippen LogP contribution in [0.2, 0.25) is 5.02 Å².